The van der Waals surface area contributed by atoms with E-state index in [9.17, 15) is 4.79 Å². The van der Waals surface area contributed by atoms with Crippen LogP contribution < -0.4 is 10.2 Å². The summed E-state index contributed by atoms with van der Waals surface area (Å²) in [4.78, 5) is 15.9. The number of hydrogen-bond donors (Lipinski definition) is 1. The Morgan fingerprint density at radius 1 is 1.45 bits per heavy atom. The largest absolute Gasteiger partial charge is 0.379 e. The second-order valence-electron chi connectivity index (χ2n) is 5.64. The number of fused-ring (bicyclic) bond motifs is 1. The number of benzene rings is 1. The topological polar surface area (TPSA) is 41.6 Å². The fourth-order valence-electron chi connectivity index (χ4n) is 2.44. The third-order valence-electron chi connectivity index (χ3n) is 3.62. The first kappa shape index (κ1) is 17.2. The van der Waals surface area contributed by atoms with E-state index in [1.54, 1.807) is 0 Å². The Morgan fingerprint density at radius 3 is 3.00 bits per heavy atom. The van der Waals surface area contributed by atoms with Gasteiger partial charge in [0.1, 0.15) is 0 Å². The van der Waals surface area contributed by atoms with Crippen LogP contribution in [0.4, 0.5) is 5.69 Å². The Morgan fingerprint density at radius 2 is 2.27 bits per heavy atom. The molecule has 1 aliphatic rings. The van der Waals surface area contributed by atoms with Gasteiger partial charge in [0.15, 0.2) is 0 Å². The number of nitrogens with one attached hydrogen (secondary N) is 1. The Hall–Kier alpha value is -1.20. The predicted molar refractivity (Wildman–Crippen MR) is 93.1 cm³/mol. The molecule has 0 radical (unpaired) electrons. The normalized spacial score (nSPS) is 14.1. The van der Waals surface area contributed by atoms with Gasteiger partial charge in [0, 0.05) is 42.5 Å². The van der Waals surface area contributed by atoms with Gasteiger partial charge in [-0.05, 0) is 45.4 Å². The molecule has 0 saturated heterocycles. The summed E-state index contributed by atoms with van der Waals surface area (Å²) in [6.07, 6.45) is 1.08. The van der Waals surface area contributed by atoms with Gasteiger partial charge in [0.25, 0.3) is 5.91 Å². The van der Waals surface area contributed by atoms with Crippen LogP contribution in [-0.4, -0.2) is 44.0 Å². The molecule has 0 spiro atoms. The van der Waals surface area contributed by atoms with Gasteiger partial charge in [-0.1, -0.05) is 0 Å². The molecule has 1 heterocycles. The highest BCUT2D eigenvalue weighted by molar-refractivity contribution is 7.99. The van der Waals surface area contributed by atoms with E-state index in [1.807, 2.05) is 37.7 Å². The first-order valence-electron chi connectivity index (χ1n) is 8.03. The molecule has 1 aromatic rings. The van der Waals surface area contributed by atoms with E-state index in [2.05, 4.69) is 23.2 Å². The Labute approximate surface area is 137 Å². The van der Waals surface area contributed by atoms with Gasteiger partial charge in [0.05, 0.1) is 11.8 Å². The van der Waals surface area contributed by atoms with Crippen LogP contribution in [-0.2, 0) is 4.74 Å². The van der Waals surface area contributed by atoms with Gasteiger partial charge >= 0.3 is 0 Å². The van der Waals surface area contributed by atoms with E-state index in [4.69, 9.17) is 4.74 Å². The molecule has 0 fully saturated rings. The maximum absolute atomic E-state index is 12.2. The van der Waals surface area contributed by atoms with Gasteiger partial charge in [-0.2, -0.15) is 0 Å². The highest BCUT2D eigenvalue weighted by atomic mass is 32.2. The maximum Gasteiger partial charge on any atom is 0.251 e. The third kappa shape index (κ3) is 4.65. The number of rotatable bonds is 7. The standard InChI is InChI=1S/C17H26N2O2S/c1-4-19-9-11-22-16-7-6-14(12-15(16)19)17(20)18-8-5-10-21-13(2)3/h6-7,12-13H,4-5,8-11H2,1-3H3,(H,18,20). The molecule has 22 heavy (non-hydrogen) atoms. The van der Waals surface area contributed by atoms with Crippen molar-refractivity contribution in [2.45, 2.75) is 38.2 Å². The van der Waals surface area contributed by atoms with Crippen LogP contribution in [0.2, 0.25) is 0 Å². The van der Waals surface area contributed by atoms with Crippen molar-refractivity contribution in [1.29, 1.82) is 0 Å². The number of anilines is 1. The average Bonchev–Trinajstić information content (AvgIpc) is 2.52. The molecule has 1 aliphatic heterocycles. The molecule has 1 amide bonds. The molecule has 5 heteroatoms. The first-order chi connectivity index (χ1) is 10.6. The highest BCUT2D eigenvalue weighted by Gasteiger charge is 2.18. The predicted octanol–water partition coefficient (Wildman–Crippen LogP) is 3.16. The van der Waals surface area contributed by atoms with Crippen molar-refractivity contribution in [1.82, 2.24) is 5.32 Å². The molecular weight excluding hydrogens is 296 g/mol. The minimum atomic E-state index is -0.000950. The van der Waals surface area contributed by atoms with Crippen LogP contribution in [0.3, 0.4) is 0 Å². The zero-order valence-corrected chi connectivity index (χ0v) is 14.5. The first-order valence-corrected chi connectivity index (χ1v) is 9.02. The summed E-state index contributed by atoms with van der Waals surface area (Å²) < 4.78 is 5.47. The van der Waals surface area contributed by atoms with Crippen molar-refractivity contribution in [2.24, 2.45) is 0 Å². The average molecular weight is 322 g/mol. The highest BCUT2D eigenvalue weighted by Crippen LogP contribution is 2.35. The van der Waals surface area contributed by atoms with Crippen LogP contribution in [0, 0.1) is 0 Å². The summed E-state index contributed by atoms with van der Waals surface area (Å²) in [7, 11) is 0. The van der Waals surface area contributed by atoms with E-state index in [0.717, 1.165) is 30.8 Å². The molecule has 0 unspecified atom stereocenters. The maximum atomic E-state index is 12.2. The SMILES string of the molecule is CCN1CCSc2ccc(C(=O)NCCCOC(C)C)cc21. The number of carbonyl (C=O) groups excluding carboxylic acids is 1. The quantitative estimate of drug-likeness (QED) is 0.783. The zero-order valence-electron chi connectivity index (χ0n) is 13.7. The molecule has 122 valence electrons. The minimum Gasteiger partial charge on any atom is -0.379 e. The zero-order chi connectivity index (χ0) is 15.9. The van der Waals surface area contributed by atoms with Gasteiger partial charge in [-0.15, -0.1) is 11.8 Å². The molecule has 2 rings (SSSR count). The van der Waals surface area contributed by atoms with Crippen molar-refractivity contribution >= 4 is 23.4 Å². The second kappa shape index (κ2) is 8.44. The Balaban J connectivity index is 1.90. The number of thioether (sulfide) groups is 1. The number of hydrogen-bond acceptors (Lipinski definition) is 4. The van der Waals surface area contributed by atoms with Crippen LogP contribution >= 0.6 is 11.8 Å². The van der Waals surface area contributed by atoms with E-state index >= 15 is 0 Å². The van der Waals surface area contributed by atoms with Crippen molar-refractivity contribution in [2.75, 3.05) is 36.9 Å². The molecule has 0 aromatic heterocycles. The summed E-state index contributed by atoms with van der Waals surface area (Å²) in [5.41, 5.74) is 1.93. The summed E-state index contributed by atoms with van der Waals surface area (Å²) in [6.45, 7) is 9.54. The summed E-state index contributed by atoms with van der Waals surface area (Å²) in [5, 5.41) is 2.97. The molecule has 4 nitrogen and oxygen atoms in total. The van der Waals surface area contributed by atoms with Crippen molar-refractivity contribution in [3.63, 3.8) is 0 Å². The number of amides is 1. The van der Waals surface area contributed by atoms with Crippen LogP contribution in [0.25, 0.3) is 0 Å². The third-order valence-corrected chi connectivity index (χ3v) is 4.66. The molecule has 0 saturated carbocycles. The molecule has 0 aliphatic carbocycles. The number of nitrogens with zero attached hydrogens (tertiary/aromatic N) is 1. The van der Waals surface area contributed by atoms with Crippen LogP contribution in [0.15, 0.2) is 23.1 Å². The molecule has 1 aromatic carbocycles. The van der Waals surface area contributed by atoms with Crippen molar-refractivity contribution < 1.29 is 9.53 Å². The van der Waals surface area contributed by atoms with E-state index < -0.39 is 0 Å². The van der Waals surface area contributed by atoms with Crippen molar-refractivity contribution in [3.8, 4) is 0 Å². The Kier molecular flexibility index (Phi) is 6.58. The van der Waals surface area contributed by atoms with Gasteiger partial charge in [-0.25, -0.2) is 0 Å². The monoisotopic (exact) mass is 322 g/mol. The number of ether oxygens (including phenoxy) is 1. The van der Waals surface area contributed by atoms with Crippen LogP contribution in [0.1, 0.15) is 37.6 Å². The van der Waals surface area contributed by atoms with Gasteiger partial charge in [0.2, 0.25) is 0 Å². The van der Waals surface area contributed by atoms with Crippen molar-refractivity contribution in [3.05, 3.63) is 23.8 Å². The lowest BCUT2D eigenvalue weighted by molar-refractivity contribution is 0.0757. The van der Waals surface area contributed by atoms with E-state index in [0.29, 0.717) is 13.2 Å². The molecule has 0 atom stereocenters. The summed E-state index contributed by atoms with van der Waals surface area (Å²) in [5.74, 6) is 1.11. The second-order valence-corrected chi connectivity index (χ2v) is 6.78. The van der Waals surface area contributed by atoms with Gasteiger partial charge in [-0.3, -0.25) is 4.79 Å². The van der Waals surface area contributed by atoms with Gasteiger partial charge < -0.3 is 15.0 Å². The minimum absolute atomic E-state index is 0.000950. The fraction of sp³-hybridized carbons (Fsp3) is 0.588. The van der Waals surface area contributed by atoms with E-state index in [-0.39, 0.29) is 12.0 Å². The lowest BCUT2D eigenvalue weighted by atomic mass is 10.1. The Bertz CT molecular complexity index is 505. The van der Waals surface area contributed by atoms with Crippen LogP contribution in [0.5, 0.6) is 0 Å². The fourth-order valence-corrected chi connectivity index (χ4v) is 3.47. The summed E-state index contributed by atoms with van der Waals surface area (Å²) in [6, 6.07) is 6.01. The lowest BCUT2D eigenvalue weighted by Crippen LogP contribution is -2.30. The summed E-state index contributed by atoms with van der Waals surface area (Å²) >= 11 is 1.87. The lowest BCUT2D eigenvalue weighted by Gasteiger charge is -2.30. The van der Waals surface area contributed by atoms with E-state index in [1.165, 1.54) is 10.6 Å². The molecule has 1 N–H and O–H groups in total. The molecular formula is C17H26N2O2S. The molecule has 0 bridgehead atoms. The number of carbonyl (C=O) groups is 1. The smallest absolute Gasteiger partial charge is 0.251 e.